The van der Waals surface area contributed by atoms with Crippen LogP contribution in [0.15, 0.2) is 41.6 Å². The van der Waals surface area contributed by atoms with Gasteiger partial charge in [0, 0.05) is 18.2 Å². The van der Waals surface area contributed by atoms with Gasteiger partial charge in [-0.1, -0.05) is 17.3 Å². The Morgan fingerprint density at radius 1 is 1.32 bits per heavy atom. The second-order valence-electron chi connectivity index (χ2n) is 4.45. The van der Waals surface area contributed by atoms with E-state index in [-0.39, 0.29) is 5.84 Å². The third-order valence-corrected chi connectivity index (χ3v) is 3.07. The van der Waals surface area contributed by atoms with Crippen LogP contribution in [0.5, 0.6) is 5.75 Å². The number of oxime groups is 1. The first-order valence-corrected chi connectivity index (χ1v) is 6.39. The molecule has 0 radical (unpaired) electrons. The lowest BCUT2D eigenvalue weighted by Gasteiger charge is -2.12. The summed E-state index contributed by atoms with van der Waals surface area (Å²) in [5, 5.41) is 14.9. The van der Waals surface area contributed by atoms with Crippen LogP contribution in [-0.2, 0) is 0 Å². The number of benzene rings is 1. The summed E-state index contributed by atoms with van der Waals surface area (Å²) in [5.74, 6) is 0.878. The Morgan fingerprint density at radius 2 is 2.00 bits per heavy atom. The summed E-state index contributed by atoms with van der Waals surface area (Å²) in [6.07, 6.45) is 6.61. The third-order valence-electron chi connectivity index (χ3n) is 3.07. The second-order valence-corrected chi connectivity index (χ2v) is 4.45. The predicted molar refractivity (Wildman–Crippen MR) is 74.6 cm³/mol. The summed E-state index contributed by atoms with van der Waals surface area (Å²) >= 11 is 0. The van der Waals surface area contributed by atoms with Gasteiger partial charge in [-0.05, 0) is 37.1 Å². The average Bonchev–Trinajstić information content (AvgIpc) is 2.96. The Kier molecular flexibility index (Phi) is 4.80. The maximum Gasteiger partial charge on any atom is 0.170 e. The molecule has 1 aromatic carbocycles. The van der Waals surface area contributed by atoms with Crippen LogP contribution in [0.2, 0.25) is 0 Å². The van der Waals surface area contributed by atoms with E-state index in [1.54, 1.807) is 12.1 Å². The van der Waals surface area contributed by atoms with Gasteiger partial charge in [-0.15, -0.1) is 0 Å². The number of nitrogens with two attached hydrogens (primary N) is 1. The number of amidine groups is 1. The molecular weight excluding hydrogens is 242 g/mol. The van der Waals surface area contributed by atoms with Crippen molar-refractivity contribution in [2.45, 2.75) is 18.9 Å². The van der Waals surface area contributed by atoms with Crippen LogP contribution in [0.3, 0.4) is 0 Å². The highest BCUT2D eigenvalue weighted by Gasteiger charge is 2.08. The highest BCUT2D eigenvalue weighted by molar-refractivity contribution is 5.97. The van der Waals surface area contributed by atoms with E-state index in [0.29, 0.717) is 18.2 Å². The molecule has 4 N–H and O–H groups in total. The number of rotatable bonds is 6. The van der Waals surface area contributed by atoms with E-state index < -0.39 is 0 Å². The lowest BCUT2D eigenvalue weighted by molar-refractivity contribution is 0.306. The van der Waals surface area contributed by atoms with Gasteiger partial charge in [0.2, 0.25) is 0 Å². The van der Waals surface area contributed by atoms with Gasteiger partial charge in [-0.3, -0.25) is 0 Å². The van der Waals surface area contributed by atoms with Crippen molar-refractivity contribution in [3.63, 3.8) is 0 Å². The van der Waals surface area contributed by atoms with Gasteiger partial charge in [0.25, 0.3) is 0 Å². The van der Waals surface area contributed by atoms with Crippen molar-refractivity contribution in [1.29, 1.82) is 0 Å². The number of nitrogens with one attached hydrogen (secondary N) is 1. The molecule has 0 unspecified atom stereocenters. The highest BCUT2D eigenvalue weighted by Crippen LogP contribution is 2.12. The molecule has 1 aliphatic rings. The van der Waals surface area contributed by atoms with Gasteiger partial charge < -0.3 is 21.0 Å². The summed E-state index contributed by atoms with van der Waals surface area (Å²) in [4.78, 5) is 0. The molecule has 0 saturated carbocycles. The SMILES string of the molecule is N/C(=N/O)c1ccc(OCCNC2CC=CC2)cc1. The van der Waals surface area contributed by atoms with Crippen molar-refractivity contribution < 1.29 is 9.94 Å². The predicted octanol–water partition coefficient (Wildman–Crippen LogP) is 1.47. The number of hydrogen-bond acceptors (Lipinski definition) is 4. The number of ether oxygens (including phenoxy) is 1. The number of hydrogen-bond donors (Lipinski definition) is 3. The first-order valence-electron chi connectivity index (χ1n) is 6.39. The first kappa shape index (κ1) is 13.4. The Hall–Kier alpha value is -2.01. The summed E-state index contributed by atoms with van der Waals surface area (Å²) in [5.41, 5.74) is 6.15. The Bertz CT molecular complexity index is 446. The zero-order valence-corrected chi connectivity index (χ0v) is 10.7. The average molecular weight is 261 g/mol. The molecule has 0 heterocycles. The molecule has 0 amide bonds. The lowest BCUT2D eigenvalue weighted by atomic mass is 10.2. The lowest BCUT2D eigenvalue weighted by Crippen LogP contribution is -2.30. The van der Waals surface area contributed by atoms with Crippen LogP contribution in [0.25, 0.3) is 0 Å². The smallest absolute Gasteiger partial charge is 0.170 e. The summed E-state index contributed by atoms with van der Waals surface area (Å²) in [7, 11) is 0. The molecular formula is C14H19N3O2. The van der Waals surface area contributed by atoms with Crippen molar-refractivity contribution in [2.75, 3.05) is 13.2 Å². The zero-order chi connectivity index (χ0) is 13.5. The topological polar surface area (TPSA) is 79.9 Å². The monoisotopic (exact) mass is 261 g/mol. The van der Waals surface area contributed by atoms with Gasteiger partial charge in [-0.25, -0.2) is 0 Å². The first-order chi connectivity index (χ1) is 9.29. The Morgan fingerprint density at radius 3 is 2.63 bits per heavy atom. The molecule has 102 valence electrons. The second kappa shape index (κ2) is 6.80. The highest BCUT2D eigenvalue weighted by atomic mass is 16.5. The van der Waals surface area contributed by atoms with Gasteiger partial charge in [0.05, 0.1) is 0 Å². The molecule has 0 bridgehead atoms. The summed E-state index contributed by atoms with van der Waals surface area (Å²) in [6, 6.07) is 7.71. The van der Waals surface area contributed by atoms with Crippen molar-refractivity contribution in [2.24, 2.45) is 10.9 Å². The quantitative estimate of drug-likeness (QED) is 0.181. The molecule has 0 fully saturated rings. The third kappa shape index (κ3) is 3.99. The minimum absolute atomic E-state index is 0.0990. The van der Waals surface area contributed by atoms with E-state index >= 15 is 0 Å². The molecule has 0 aromatic heterocycles. The van der Waals surface area contributed by atoms with Crippen LogP contribution in [-0.4, -0.2) is 30.2 Å². The largest absolute Gasteiger partial charge is 0.492 e. The van der Waals surface area contributed by atoms with E-state index in [1.165, 1.54) is 0 Å². The maximum absolute atomic E-state index is 8.55. The molecule has 19 heavy (non-hydrogen) atoms. The van der Waals surface area contributed by atoms with Crippen LogP contribution in [0.1, 0.15) is 18.4 Å². The van der Waals surface area contributed by atoms with E-state index in [4.69, 9.17) is 15.7 Å². The minimum Gasteiger partial charge on any atom is -0.492 e. The van der Waals surface area contributed by atoms with Crippen molar-refractivity contribution >= 4 is 5.84 Å². The molecule has 5 nitrogen and oxygen atoms in total. The molecule has 0 aliphatic heterocycles. The van der Waals surface area contributed by atoms with Gasteiger partial charge >= 0.3 is 0 Å². The molecule has 1 aliphatic carbocycles. The van der Waals surface area contributed by atoms with E-state index in [9.17, 15) is 0 Å². The van der Waals surface area contributed by atoms with E-state index in [2.05, 4.69) is 22.6 Å². The fourth-order valence-corrected chi connectivity index (χ4v) is 2.00. The standard InChI is InChI=1S/C14H19N3O2/c15-14(17-18)11-5-7-13(8-6-11)19-10-9-16-12-3-1-2-4-12/h1-2,5-8,12,16,18H,3-4,9-10H2,(H2,15,17). The van der Waals surface area contributed by atoms with Crippen LogP contribution < -0.4 is 15.8 Å². The van der Waals surface area contributed by atoms with E-state index in [1.807, 2.05) is 12.1 Å². The Balaban J connectivity index is 1.71. The normalized spacial score (nSPS) is 15.9. The van der Waals surface area contributed by atoms with Gasteiger partial charge in [0.1, 0.15) is 12.4 Å². The van der Waals surface area contributed by atoms with Crippen molar-refractivity contribution in [3.05, 3.63) is 42.0 Å². The molecule has 5 heteroatoms. The van der Waals surface area contributed by atoms with Crippen molar-refractivity contribution in [1.82, 2.24) is 5.32 Å². The molecule has 0 atom stereocenters. The zero-order valence-electron chi connectivity index (χ0n) is 10.7. The Labute approximate surface area is 112 Å². The molecule has 2 rings (SSSR count). The molecule has 0 saturated heterocycles. The minimum atomic E-state index is 0.0990. The van der Waals surface area contributed by atoms with Crippen LogP contribution in [0, 0.1) is 0 Å². The number of nitrogens with zero attached hydrogens (tertiary/aromatic N) is 1. The fraction of sp³-hybridized carbons (Fsp3) is 0.357. The maximum atomic E-state index is 8.55. The van der Waals surface area contributed by atoms with Gasteiger partial charge in [0.15, 0.2) is 5.84 Å². The molecule has 1 aromatic rings. The molecule has 0 spiro atoms. The summed E-state index contributed by atoms with van der Waals surface area (Å²) in [6.45, 7) is 1.45. The van der Waals surface area contributed by atoms with Crippen LogP contribution >= 0.6 is 0 Å². The van der Waals surface area contributed by atoms with Crippen LogP contribution in [0.4, 0.5) is 0 Å². The fourth-order valence-electron chi connectivity index (χ4n) is 2.00. The van der Waals surface area contributed by atoms with Crippen molar-refractivity contribution in [3.8, 4) is 5.75 Å². The van der Waals surface area contributed by atoms with E-state index in [0.717, 1.165) is 25.1 Å². The van der Waals surface area contributed by atoms with Gasteiger partial charge in [-0.2, -0.15) is 0 Å². The summed E-state index contributed by atoms with van der Waals surface area (Å²) < 4.78 is 5.61.